The molecule has 0 rings (SSSR count). The van der Waals surface area contributed by atoms with E-state index in [1.54, 1.807) is 0 Å². The number of nitrogens with two attached hydrogens (primary N) is 1. The second kappa shape index (κ2) is 53.0. The van der Waals surface area contributed by atoms with Crippen molar-refractivity contribution in [3.63, 3.8) is 0 Å². The minimum Gasteiger partial charge on any atom is -0.462 e. The molecule has 0 heterocycles. The number of carbonyl (C=O) groups excluding carboxylic acids is 2. The van der Waals surface area contributed by atoms with Gasteiger partial charge in [-0.1, -0.05) is 207 Å². The molecular formula is C58H98NO8P. The van der Waals surface area contributed by atoms with E-state index >= 15 is 0 Å². The van der Waals surface area contributed by atoms with E-state index in [0.29, 0.717) is 6.42 Å². The van der Waals surface area contributed by atoms with Crippen molar-refractivity contribution in [2.45, 2.75) is 219 Å². The first-order valence-electron chi connectivity index (χ1n) is 26.9. The molecule has 9 nitrogen and oxygen atoms in total. The number of rotatable bonds is 49. The smallest absolute Gasteiger partial charge is 0.462 e. The lowest BCUT2D eigenvalue weighted by molar-refractivity contribution is -0.161. The van der Waals surface area contributed by atoms with Crippen LogP contribution < -0.4 is 5.73 Å². The molecule has 0 saturated carbocycles. The molecule has 0 aromatic rings. The number of unbranched alkanes of at least 4 members (excludes halogenated alkanes) is 18. The molecule has 0 bridgehead atoms. The normalized spacial score (nSPS) is 14.0. The number of hydrogen-bond acceptors (Lipinski definition) is 8. The van der Waals surface area contributed by atoms with Crippen LogP contribution in [0.15, 0.2) is 109 Å². The van der Waals surface area contributed by atoms with Crippen molar-refractivity contribution in [2.75, 3.05) is 26.4 Å². The Morgan fingerprint density at radius 2 is 0.809 bits per heavy atom. The Balaban J connectivity index is 4.14. The largest absolute Gasteiger partial charge is 0.472 e. The Bertz CT molecular complexity index is 1480. The molecule has 388 valence electrons. The zero-order chi connectivity index (χ0) is 49.5. The SMILES string of the molecule is CC/C=C\C/C=C\C/C=C\C/C=C\C/C=C\C/C=C\C/C=C\C/C=C\CCCCCCC(=O)OC(COC(=O)CCCCCCCCC/C=C\CCCCCCCCC)COP(=O)(O)OCCN. The minimum absolute atomic E-state index is 0.0426. The lowest BCUT2D eigenvalue weighted by Crippen LogP contribution is -2.29. The highest BCUT2D eigenvalue weighted by atomic mass is 31.2. The quantitative estimate of drug-likeness (QED) is 0.0264. The first kappa shape index (κ1) is 64.7. The van der Waals surface area contributed by atoms with Crippen LogP contribution in [0.25, 0.3) is 0 Å². The Morgan fingerprint density at radius 1 is 0.456 bits per heavy atom. The van der Waals surface area contributed by atoms with E-state index in [1.807, 2.05) is 0 Å². The van der Waals surface area contributed by atoms with Crippen LogP contribution in [0.2, 0.25) is 0 Å². The van der Waals surface area contributed by atoms with Gasteiger partial charge in [0.25, 0.3) is 0 Å². The van der Waals surface area contributed by atoms with E-state index in [2.05, 4.69) is 123 Å². The molecule has 0 aliphatic rings. The lowest BCUT2D eigenvalue weighted by Gasteiger charge is -2.19. The van der Waals surface area contributed by atoms with Gasteiger partial charge in [0, 0.05) is 19.4 Å². The first-order chi connectivity index (χ1) is 33.3. The van der Waals surface area contributed by atoms with Crippen molar-refractivity contribution < 1.29 is 37.6 Å². The molecule has 0 spiro atoms. The summed E-state index contributed by atoms with van der Waals surface area (Å²) < 4.78 is 32.9. The monoisotopic (exact) mass is 968 g/mol. The Kier molecular flexibility index (Phi) is 50.4. The van der Waals surface area contributed by atoms with E-state index in [1.165, 1.54) is 70.6 Å². The molecule has 0 fully saturated rings. The summed E-state index contributed by atoms with van der Waals surface area (Å²) in [4.78, 5) is 35.1. The van der Waals surface area contributed by atoms with Gasteiger partial charge in [0.05, 0.1) is 13.2 Å². The van der Waals surface area contributed by atoms with Gasteiger partial charge in [-0.2, -0.15) is 0 Å². The summed E-state index contributed by atoms with van der Waals surface area (Å²) in [6, 6.07) is 0. The third-order valence-electron chi connectivity index (χ3n) is 10.9. The molecule has 10 heteroatoms. The molecule has 0 aliphatic heterocycles. The number of esters is 2. The van der Waals surface area contributed by atoms with Crippen molar-refractivity contribution in [2.24, 2.45) is 5.73 Å². The molecule has 0 saturated heterocycles. The average molecular weight is 968 g/mol. The van der Waals surface area contributed by atoms with Crippen LogP contribution in [0.3, 0.4) is 0 Å². The topological polar surface area (TPSA) is 134 Å². The standard InChI is InChI=1S/C58H98NO8P/c1-3-5-7-9-11-13-15-17-19-21-23-24-25-26-27-28-29-30-31-32-33-35-37-39-41-43-45-47-49-51-58(61)67-56(55-66-68(62,63)65-53-52-59)54-64-57(60)50-48-46-44-42-40-38-36-34-22-20-18-16-14-12-10-8-6-4-2/h5,7,11,13,17,19-20,22-24,26-27,29-30,32-33,37,39,56H,3-4,6,8-10,12,14-16,18,21,25,28,31,34-36,38,40-55,59H2,1-2H3,(H,62,63)/b7-5-,13-11-,19-17-,22-20-,24-23-,27-26-,30-29-,33-32-,39-37-. The molecule has 2 unspecified atom stereocenters. The van der Waals surface area contributed by atoms with Crippen LogP contribution in [0, 0.1) is 0 Å². The fraction of sp³-hybridized carbons (Fsp3) is 0.655. The number of carbonyl (C=O) groups is 2. The third kappa shape index (κ3) is 52.0. The van der Waals surface area contributed by atoms with Gasteiger partial charge in [0.2, 0.25) is 0 Å². The molecule has 0 aromatic heterocycles. The maximum absolute atomic E-state index is 12.7. The maximum atomic E-state index is 12.7. The van der Waals surface area contributed by atoms with Crippen LogP contribution in [-0.2, 0) is 32.7 Å². The van der Waals surface area contributed by atoms with Crippen molar-refractivity contribution in [1.82, 2.24) is 0 Å². The summed E-state index contributed by atoms with van der Waals surface area (Å²) >= 11 is 0. The highest BCUT2D eigenvalue weighted by Crippen LogP contribution is 2.43. The van der Waals surface area contributed by atoms with Gasteiger partial charge in [0.1, 0.15) is 6.61 Å². The summed E-state index contributed by atoms with van der Waals surface area (Å²) in [5.74, 6) is -0.868. The molecule has 0 aliphatic carbocycles. The summed E-state index contributed by atoms with van der Waals surface area (Å²) in [6.07, 6.45) is 71.3. The fourth-order valence-electron chi connectivity index (χ4n) is 6.94. The predicted octanol–water partition coefficient (Wildman–Crippen LogP) is 16.7. The molecular weight excluding hydrogens is 870 g/mol. The van der Waals surface area contributed by atoms with Crippen molar-refractivity contribution in [3.8, 4) is 0 Å². The fourth-order valence-corrected chi connectivity index (χ4v) is 7.70. The van der Waals surface area contributed by atoms with Gasteiger partial charge < -0.3 is 20.1 Å². The number of phosphoric ester groups is 1. The highest BCUT2D eigenvalue weighted by Gasteiger charge is 2.26. The maximum Gasteiger partial charge on any atom is 0.472 e. The Labute approximate surface area is 416 Å². The van der Waals surface area contributed by atoms with Crippen LogP contribution in [-0.4, -0.2) is 49.3 Å². The van der Waals surface area contributed by atoms with Crippen LogP contribution >= 0.6 is 7.82 Å². The summed E-state index contributed by atoms with van der Waals surface area (Å²) in [5.41, 5.74) is 5.37. The minimum atomic E-state index is -4.40. The zero-order valence-electron chi connectivity index (χ0n) is 43.0. The second-order valence-corrected chi connectivity index (χ2v) is 18.8. The first-order valence-corrected chi connectivity index (χ1v) is 28.4. The van der Waals surface area contributed by atoms with Gasteiger partial charge in [-0.25, -0.2) is 4.57 Å². The van der Waals surface area contributed by atoms with E-state index in [-0.39, 0.29) is 32.6 Å². The van der Waals surface area contributed by atoms with Crippen LogP contribution in [0.4, 0.5) is 0 Å². The molecule has 3 N–H and O–H groups in total. The molecule has 0 aromatic carbocycles. The third-order valence-corrected chi connectivity index (χ3v) is 11.9. The van der Waals surface area contributed by atoms with Crippen molar-refractivity contribution >= 4 is 19.8 Å². The number of ether oxygens (including phenoxy) is 2. The van der Waals surface area contributed by atoms with E-state index in [4.69, 9.17) is 24.3 Å². The summed E-state index contributed by atoms with van der Waals surface area (Å²) in [6.45, 7) is 3.58. The van der Waals surface area contributed by atoms with Crippen molar-refractivity contribution in [1.29, 1.82) is 0 Å². The lowest BCUT2D eigenvalue weighted by atomic mass is 10.1. The Morgan fingerprint density at radius 3 is 1.22 bits per heavy atom. The van der Waals surface area contributed by atoms with Gasteiger partial charge in [-0.05, 0) is 103 Å². The summed E-state index contributed by atoms with van der Waals surface area (Å²) in [5, 5.41) is 0. The zero-order valence-corrected chi connectivity index (χ0v) is 43.9. The van der Waals surface area contributed by atoms with Crippen molar-refractivity contribution in [3.05, 3.63) is 109 Å². The summed E-state index contributed by atoms with van der Waals surface area (Å²) in [7, 11) is -4.40. The molecule has 0 amide bonds. The van der Waals surface area contributed by atoms with Gasteiger partial charge in [0.15, 0.2) is 6.10 Å². The predicted molar refractivity (Wildman–Crippen MR) is 288 cm³/mol. The second-order valence-electron chi connectivity index (χ2n) is 17.4. The molecule has 68 heavy (non-hydrogen) atoms. The highest BCUT2D eigenvalue weighted by molar-refractivity contribution is 7.47. The van der Waals surface area contributed by atoms with Gasteiger partial charge >= 0.3 is 19.8 Å². The van der Waals surface area contributed by atoms with E-state index in [0.717, 1.165) is 109 Å². The van der Waals surface area contributed by atoms with Crippen LogP contribution in [0.5, 0.6) is 0 Å². The number of hydrogen-bond donors (Lipinski definition) is 2. The van der Waals surface area contributed by atoms with Gasteiger partial charge in [-0.15, -0.1) is 0 Å². The molecule has 0 radical (unpaired) electrons. The number of allylic oxidation sites excluding steroid dienone is 18. The van der Waals surface area contributed by atoms with E-state index in [9.17, 15) is 19.0 Å². The van der Waals surface area contributed by atoms with Gasteiger partial charge in [-0.3, -0.25) is 18.6 Å². The average Bonchev–Trinajstić information content (AvgIpc) is 3.33. The van der Waals surface area contributed by atoms with E-state index < -0.39 is 32.5 Å². The molecule has 2 atom stereocenters. The van der Waals surface area contributed by atoms with Crippen LogP contribution in [0.1, 0.15) is 213 Å². The number of phosphoric acid groups is 1. The Hall–Kier alpha value is -3.33.